The largest absolute Gasteiger partial charge is 0.316 e. The van der Waals surface area contributed by atoms with E-state index in [-0.39, 0.29) is 0 Å². The van der Waals surface area contributed by atoms with Gasteiger partial charge in [-0.3, -0.25) is 0 Å². The van der Waals surface area contributed by atoms with Crippen LogP contribution < -0.4 is 5.32 Å². The molecule has 18 heavy (non-hydrogen) atoms. The lowest BCUT2D eigenvalue weighted by atomic mass is 9.74. The fraction of sp³-hybridized carbons (Fsp3) is 1.00. The topological polar surface area (TPSA) is 15.3 Å². The van der Waals surface area contributed by atoms with Crippen LogP contribution in [0.1, 0.15) is 54.4 Å². The highest BCUT2D eigenvalue weighted by atomic mass is 15.1. The summed E-state index contributed by atoms with van der Waals surface area (Å²) in [4.78, 5) is 2.55. The lowest BCUT2D eigenvalue weighted by Gasteiger charge is -2.44. The minimum Gasteiger partial charge on any atom is -0.316 e. The SMILES string of the molecule is CC(N(C)CC(C)(C)C1CCCNC1)C(C)(C)C. The molecule has 0 amide bonds. The quantitative estimate of drug-likeness (QED) is 0.827. The van der Waals surface area contributed by atoms with Gasteiger partial charge in [-0.05, 0) is 56.7 Å². The van der Waals surface area contributed by atoms with Crippen LogP contribution in [0.5, 0.6) is 0 Å². The van der Waals surface area contributed by atoms with E-state index < -0.39 is 0 Å². The molecule has 0 aromatic carbocycles. The van der Waals surface area contributed by atoms with Crippen molar-refractivity contribution in [2.24, 2.45) is 16.7 Å². The molecule has 1 aliphatic heterocycles. The Morgan fingerprint density at radius 1 is 1.22 bits per heavy atom. The van der Waals surface area contributed by atoms with E-state index in [4.69, 9.17) is 0 Å². The molecule has 0 saturated carbocycles. The molecule has 2 unspecified atom stereocenters. The van der Waals surface area contributed by atoms with Gasteiger partial charge in [-0.2, -0.15) is 0 Å². The van der Waals surface area contributed by atoms with Crippen LogP contribution >= 0.6 is 0 Å². The van der Waals surface area contributed by atoms with Gasteiger partial charge in [-0.25, -0.2) is 0 Å². The Labute approximate surface area is 115 Å². The van der Waals surface area contributed by atoms with Crippen molar-refractivity contribution in [3.05, 3.63) is 0 Å². The van der Waals surface area contributed by atoms with Crippen LogP contribution in [0.15, 0.2) is 0 Å². The zero-order valence-corrected chi connectivity index (χ0v) is 13.6. The number of rotatable bonds is 4. The highest BCUT2D eigenvalue weighted by Gasteiger charge is 2.34. The maximum absolute atomic E-state index is 3.56. The third kappa shape index (κ3) is 4.24. The Balaban J connectivity index is 2.58. The maximum Gasteiger partial charge on any atom is 0.0113 e. The molecular formula is C16H34N2. The van der Waals surface area contributed by atoms with Crippen LogP contribution in [0.2, 0.25) is 0 Å². The number of hydrogen-bond acceptors (Lipinski definition) is 2. The van der Waals surface area contributed by atoms with E-state index >= 15 is 0 Å². The summed E-state index contributed by atoms with van der Waals surface area (Å²) >= 11 is 0. The Kier molecular flexibility index (Phi) is 5.25. The molecule has 2 heteroatoms. The van der Waals surface area contributed by atoms with Crippen LogP contribution in [0.4, 0.5) is 0 Å². The van der Waals surface area contributed by atoms with Crippen LogP contribution in [-0.4, -0.2) is 37.6 Å². The van der Waals surface area contributed by atoms with Gasteiger partial charge < -0.3 is 10.2 Å². The summed E-state index contributed by atoms with van der Waals surface area (Å²) in [6.07, 6.45) is 2.73. The number of nitrogens with one attached hydrogen (secondary N) is 1. The minimum atomic E-state index is 0.357. The zero-order chi connectivity index (χ0) is 14.0. The van der Waals surface area contributed by atoms with E-state index in [9.17, 15) is 0 Å². The first-order chi connectivity index (χ1) is 8.14. The number of nitrogens with zero attached hydrogens (tertiary/aromatic N) is 1. The van der Waals surface area contributed by atoms with Gasteiger partial charge in [0, 0.05) is 12.6 Å². The minimum absolute atomic E-state index is 0.357. The van der Waals surface area contributed by atoms with E-state index in [2.05, 4.69) is 58.8 Å². The molecule has 0 aromatic heterocycles. The maximum atomic E-state index is 3.56. The van der Waals surface area contributed by atoms with E-state index in [0.29, 0.717) is 16.9 Å². The summed E-state index contributed by atoms with van der Waals surface area (Å²) in [5.74, 6) is 0.820. The Bertz CT molecular complexity index is 246. The second-order valence-corrected chi connectivity index (χ2v) is 7.99. The second-order valence-electron chi connectivity index (χ2n) is 7.99. The van der Waals surface area contributed by atoms with Crippen LogP contribution in [0, 0.1) is 16.7 Å². The summed E-state index contributed by atoms with van der Waals surface area (Å²) in [6, 6.07) is 0.619. The van der Waals surface area contributed by atoms with E-state index in [1.165, 1.54) is 32.5 Å². The smallest absolute Gasteiger partial charge is 0.0113 e. The molecule has 1 N–H and O–H groups in total. The van der Waals surface area contributed by atoms with Gasteiger partial charge in [0.2, 0.25) is 0 Å². The van der Waals surface area contributed by atoms with Crippen molar-refractivity contribution in [1.82, 2.24) is 10.2 Å². The Hall–Kier alpha value is -0.0800. The first kappa shape index (κ1) is 16.0. The van der Waals surface area contributed by atoms with Gasteiger partial charge in [0.05, 0.1) is 0 Å². The van der Waals surface area contributed by atoms with Gasteiger partial charge in [-0.1, -0.05) is 34.6 Å². The molecule has 2 atom stereocenters. The van der Waals surface area contributed by atoms with Crippen molar-refractivity contribution >= 4 is 0 Å². The summed E-state index contributed by atoms with van der Waals surface area (Å²) < 4.78 is 0. The van der Waals surface area contributed by atoms with Crippen LogP contribution in [0.3, 0.4) is 0 Å². The first-order valence-corrected chi connectivity index (χ1v) is 7.55. The van der Waals surface area contributed by atoms with Crippen molar-refractivity contribution in [2.75, 3.05) is 26.7 Å². The third-order valence-electron chi connectivity index (χ3n) is 4.97. The van der Waals surface area contributed by atoms with E-state index in [1.807, 2.05) is 0 Å². The third-order valence-corrected chi connectivity index (χ3v) is 4.97. The van der Waals surface area contributed by atoms with Gasteiger partial charge in [0.1, 0.15) is 0 Å². The molecule has 1 fully saturated rings. The molecule has 0 bridgehead atoms. The van der Waals surface area contributed by atoms with Crippen molar-refractivity contribution in [3.63, 3.8) is 0 Å². The molecule has 0 aliphatic carbocycles. The average molecular weight is 254 g/mol. The standard InChI is InChI=1S/C16H34N2/c1-13(15(2,3)4)18(7)12-16(5,6)14-9-8-10-17-11-14/h13-14,17H,8-12H2,1-7H3. The predicted molar refractivity (Wildman–Crippen MR) is 80.9 cm³/mol. The molecule has 0 radical (unpaired) electrons. The van der Waals surface area contributed by atoms with E-state index in [1.54, 1.807) is 0 Å². The lowest BCUT2D eigenvalue weighted by Crippen LogP contribution is -2.48. The normalized spacial score (nSPS) is 24.3. The van der Waals surface area contributed by atoms with Crippen molar-refractivity contribution in [2.45, 2.75) is 60.4 Å². The Morgan fingerprint density at radius 3 is 2.28 bits per heavy atom. The number of piperidine rings is 1. The van der Waals surface area contributed by atoms with Gasteiger partial charge >= 0.3 is 0 Å². The lowest BCUT2D eigenvalue weighted by molar-refractivity contribution is 0.0602. The molecule has 1 heterocycles. The average Bonchev–Trinajstić information content (AvgIpc) is 2.27. The summed E-state index contributed by atoms with van der Waals surface area (Å²) in [7, 11) is 2.29. The summed E-state index contributed by atoms with van der Waals surface area (Å²) in [6.45, 7) is 17.8. The highest BCUT2D eigenvalue weighted by Crippen LogP contribution is 2.34. The van der Waals surface area contributed by atoms with Gasteiger partial charge in [0.15, 0.2) is 0 Å². The predicted octanol–water partition coefficient (Wildman–Crippen LogP) is 3.38. The van der Waals surface area contributed by atoms with Crippen LogP contribution in [0.25, 0.3) is 0 Å². The van der Waals surface area contributed by atoms with Crippen molar-refractivity contribution in [1.29, 1.82) is 0 Å². The zero-order valence-electron chi connectivity index (χ0n) is 13.6. The molecule has 1 saturated heterocycles. The second kappa shape index (κ2) is 5.92. The monoisotopic (exact) mass is 254 g/mol. The van der Waals surface area contributed by atoms with Crippen molar-refractivity contribution in [3.8, 4) is 0 Å². The number of hydrogen-bond donors (Lipinski definition) is 1. The molecule has 0 spiro atoms. The van der Waals surface area contributed by atoms with Crippen molar-refractivity contribution < 1.29 is 0 Å². The van der Waals surface area contributed by atoms with Crippen LogP contribution in [-0.2, 0) is 0 Å². The molecule has 1 rings (SSSR count). The van der Waals surface area contributed by atoms with Gasteiger partial charge in [-0.15, -0.1) is 0 Å². The molecule has 1 aliphatic rings. The molecule has 0 aromatic rings. The highest BCUT2D eigenvalue weighted by molar-refractivity contribution is 4.87. The Morgan fingerprint density at radius 2 is 1.83 bits per heavy atom. The first-order valence-electron chi connectivity index (χ1n) is 7.55. The van der Waals surface area contributed by atoms with Gasteiger partial charge in [0.25, 0.3) is 0 Å². The molecule has 2 nitrogen and oxygen atoms in total. The molecular weight excluding hydrogens is 220 g/mol. The summed E-state index contributed by atoms with van der Waals surface area (Å²) in [5.41, 5.74) is 0.761. The molecule has 108 valence electrons. The van der Waals surface area contributed by atoms with E-state index in [0.717, 1.165) is 5.92 Å². The fourth-order valence-corrected chi connectivity index (χ4v) is 3.09. The fourth-order valence-electron chi connectivity index (χ4n) is 3.09. The summed E-state index contributed by atoms with van der Waals surface area (Å²) in [5, 5.41) is 3.56.